The van der Waals surface area contributed by atoms with E-state index in [1.807, 2.05) is 24.0 Å². The summed E-state index contributed by atoms with van der Waals surface area (Å²) in [7, 11) is 0. The van der Waals surface area contributed by atoms with Crippen LogP contribution in [0.5, 0.6) is 0 Å². The highest BCUT2D eigenvalue weighted by molar-refractivity contribution is 7.08. The van der Waals surface area contributed by atoms with Gasteiger partial charge in [-0.15, -0.1) is 5.10 Å². The number of aryl methyl sites for hydroxylation is 1. The lowest BCUT2D eigenvalue weighted by Crippen LogP contribution is -2.42. The standard InChI is InChI=1S/C14H16N4O2S/c1-2-11-13(21-17-16-11)14(19)18-7-8-20-12(9-18)10-3-5-15-6-4-10/h3-6,12H,2,7-9H2,1H3/t12-/m1/s1. The minimum absolute atomic E-state index is 0.00389. The second-order valence-electron chi connectivity index (χ2n) is 4.79. The number of morpholine rings is 1. The summed E-state index contributed by atoms with van der Waals surface area (Å²) in [6.07, 6.45) is 4.09. The van der Waals surface area contributed by atoms with E-state index in [1.54, 1.807) is 12.4 Å². The lowest BCUT2D eigenvalue weighted by atomic mass is 10.1. The first-order chi connectivity index (χ1) is 10.3. The molecule has 1 aliphatic heterocycles. The number of carbonyl (C=O) groups excluding carboxylic acids is 1. The summed E-state index contributed by atoms with van der Waals surface area (Å²) in [5.74, 6) is 0.00389. The van der Waals surface area contributed by atoms with E-state index < -0.39 is 0 Å². The second kappa shape index (κ2) is 6.28. The summed E-state index contributed by atoms with van der Waals surface area (Å²) < 4.78 is 9.66. The molecule has 2 aromatic rings. The Balaban J connectivity index is 1.76. The van der Waals surface area contributed by atoms with Crippen LogP contribution in [0.4, 0.5) is 0 Å². The molecule has 110 valence electrons. The molecule has 2 aromatic heterocycles. The molecule has 1 fully saturated rings. The van der Waals surface area contributed by atoms with Gasteiger partial charge in [-0.25, -0.2) is 0 Å². The first-order valence-corrected chi connectivity index (χ1v) is 7.69. The van der Waals surface area contributed by atoms with Gasteiger partial charge >= 0.3 is 0 Å². The fraction of sp³-hybridized carbons (Fsp3) is 0.429. The van der Waals surface area contributed by atoms with Crippen molar-refractivity contribution in [3.05, 3.63) is 40.7 Å². The number of ether oxygens (including phenoxy) is 1. The molecular weight excluding hydrogens is 288 g/mol. The molecule has 0 bridgehead atoms. The Labute approximate surface area is 126 Å². The van der Waals surface area contributed by atoms with Gasteiger partial charge in [0.05, 0.1) is 18.8 Å². The first-order valence-electron chi connectivity index (χ1n) is 6.91. The molecule has 0 N–H and O–H groups in total. The summed E-state index contributed by atoms with van der Waals surface area (Å²) >= 11 is 1.17. The van der Waals surface area contributed by atoms with Gasteiger partial charge < -0.3 is 9.64 Å². The van der Waals surface area contributed by atoms with Crippen molar-refractivity contribution in [3.8, 4) is 0 Å². The van der Waals surface area contributed by atoms with Crippen LogP contribution in [0.1, 0.15) is 34.0 Å². The number of aromatic nitrogens is 3. The van der Waals surface area contributed by atoms with E-state index in [4.69, 9.17) is 4.74 Å². The highest BCUT2D eigenvalue weighted by Crippen LogP contribution is 2.24. The Morgan fingerprint density at radius 2 is 2.29 bits per heavy atom. The van der Waals surface area contributed by atoms with Gasteiger partial charge in [-0.1, -0.05) is 11.4 Å². The first kappa shape index (κ1) is 14.1. The van der Waals surface area contributed by atoms with Gasteiger partial charge in [0.25, 0.3) is 5.91 Å². The monoisotopic (exact) mass is 304 g/mol. The Kier molecular flexibility index (Phi) is 4.21. The topological polar surface area (TPSA) is 68.2 Å². The highest BCUT2D eigenvalue weighted by atomic mass is 32.1. The fourth-order valence-electron chi connectivity index (χ4n) is 2.36. The fourth-order valence-corrected chi connectivity index (χ4v) is 3.08. The van der Waals surface area contributed by atoms with E-state index in [0.717, 1.165) is 17.7 Å². The average molecular weight is 304 g/mol. The summed E-state index contributed by atoms with van der Waals surface area (Å²) in [5, 5.41) is 4.01. The van der Waals surface area contributed by atoms with Crippen LogP contribution >= 0.6 is 11.5 Å². The molecule has 1 aliphatic rings. The molecule has 0 radical (unpaired) electrons. The van der Waals surface area contributed by atoms with E-state index in [-0.39, 0.29) is 12.0 Å². The lowest BCUT2D eigenvalue weighted by molar-refractivity contribution is -0.0227. The molecule has 7 heteroatoms. The molecular formula is C14H16N4O2S. The molecule has 0 aliphatic carbocycles. The van der Waals surface area contributed by atoms with Crippen molar-refractivity contribution in [3.63, 3.8) is 0 Å². The third-order valence-electron chi connectivity index (χ3n) is 3.52. The zero-order valence-electron chi connectivity index (χ0n) is 11.7. The van der Waals surface area contributed by atoms with E-state index in [0.29, 0.717) is 24.6 Å². The van der Waals surface area contributed by atoms with Crippen LogP contribution in [0.15, 0.2) is 24.5 Å². The molecule has 0 saturated carbocycles. The average Bonchev–Trinajstić information content (AvgIpc) is 3.04. The third-order valence-corrected chi connectivity index (χ3v) is 4.27. The van der Waals surface area contributed by atoms with Crippen LogP contribution in [0.25, 0.3) is 0 Å². The normalized spacial score (nSPS) is 18.7. The largest absolute Gasteiger partial charge is 0.370 e. The van der Waals surface area contributed by atoms with Crippen molar-refractivity contribution >= 4 is 17.4 Å². The molecule has 3 rings (SSSR count). The predicted molar refractivity (Wildman–Crippen MR) is 78.1 cm³/mol. The van der Waals surface area contributed by atoms with Crippen LogP contribution < -0.4 is 0 Å². The van der Waals surface area contributed by atoms with Gasteiger partial charge in [-0.05, 0) is 35.6 Å². The Hall–Kier alpha value is -1.86. The van der Waals surface area contributed by atoms with Crippen LogP contribution in [0.3, 0.4) is 0 Å². The molecule has 0 unspecified atom stereocenters. The van der Waals surface area contributed by atoms with Gasteiger partial charge in [-0.2, -0.15) is 0 Å². The van der Waals surface area contributed by atoms with Gasteiger partial charge in [0.2, 0.25) is 0 Å². The van der Waals surface area contributed by atoms with Gasteiger partial charge in [0.1, 0.15) is 11.0 Å². The highest BCUT2D eigenvalue weighted by Gasteiger charge is 2.28. The molecule has 3 heterocycles. The van der Waals surface area contributed by atoms with Gasteiger partial charge in [0.15, 0.2) is 0 Å². The molecule has 0 aromatic carbocycles. The maximum Gasteiger partial charge on any atom is 0.267 e. The molecule has 1 amide bonds. The lowest BCUT2D eigenvalue weighted by Gasteiger charge is -2.32. The maximum atomic E-state index is 12.6. The van der Waals surface area contributed by atoms with E-state index >= 15 is 0 Å². The molecule has 6 nitrogen and oxygen atoms in total. The third kappa shape index (κ3) is 2.93. The van der Waals surface area contributed by atoms with E-state index in [2.05, 4.69) is 14.6 Å². The molecule has 1 saturated heterocycles. The number of hydrogen-bond donors (Lipinski definition) is 0. The second-order valence-corrected chi connectivity index (χ2v) is 5.55. The summed E-state index contributed by atoms with van der Waals surface area (Å²) in [5.41, 5.74) is 1.82. The number of hydrogen-bond acceptors (Lipinski definition) is 6. The van der Waals surface area contributed by atoms with Crippen molar-refractivity contribution in [1.82, 2.24) is 19.5 Å². The summed E-state index contributed by atoms with van der Waals surface area (Å²) in [6, 6.07) is 3.84. The van der Waals surface area contributed by atoms with Crippen LogP contribution in [0, 0.1) is 0 Å². The minimum atomic E-state index is -0.100. The zero-order valence-corrected chi connectivity index (χ0v) is 12.5. The number of pyridine rings is 1. The van der Waals surface area contributed by atoms with Gasteiger partial charge in [0, 0.05) is 18.9 Å². The molecule has 1 atom stereocenters. The summed E-state index contributed by atoms with van der Waals surface area (Å²) in [6.45, 7) is 3.66. The van der Waals surface area contributed by atoms with Crippen molar-refractivity contribution in [2.24, 2.45) is 0 Å². The quantitative estimate of drug-likeness (QED) is 0.863. The van der Waals surface area contributed by atoms with Gasteiger partial charge in [-0.3, -0.25) is 9.78 Å². The van der Waals surface area contributed by atoms with E-state index in [1.165, 1.54) is 11.5 Å². The van der Waals surface area contributed by atoms with Crippen LogP contribution in [0.2, 0.25) is 0 Å². The smallest absolute Gasteiger partial charge is 0.267 e. The van der Waals surface area contributed by atoms with Crippen molar-refractivity contribution in [2.75, 3.05) is 19.7 Å². The van der Waals surface area contributed by atoms with Crippen molar-refractivity contribution < 1.29 is 9.53 Å². The Bertz CT molecular complexity index is 616. The minimum Gasteiger partial charge on any atom is -0.370 e. The summed E-state index contributed by atoms with van der Waals surface area (Å²) in [4.78, 5) is 19.1. The maximum absolute atomic E-state index is 12.6. The van der Waals surface area contributed by atoms with Crippen LogP contribution in [-0.2, 0) is 11.2 Å². The SMILES string of the molecule is CCc1nnsc1C(=O)N1CCO[C@@H](c2ccncc2)C1. The Morgan fingerprint density at radius 3 is 3.05 bits per heavy atom. The molecule has 0 spiro atoms. The number of nitrogens with zero attached hydrogens (tertiary/aromatic N) is 4. The van der Waals surface area contributed by atoms with Crippen molar-refractivity contribution in [1.29, 1.82) is 0 Å². The predicted octanol–water partition coefficient (Wildman–Crippen LogP) is 1.71. The van der Waals surface area contributed by atoms with Crippen molar-refractivity contribution in [2.45, 2.75) is 19.4 Å². The number of rotatable bonds is 3. The molecule has 21 heavy (non-hydrogen) atoms. The van der Waals surface area contributed by atoms with E-state index in [9.17, 15) is 4.79 Å². The van der Waals surface area contributed by atoms with Crippen LogP contribution in [-0.4, -0.2) is 45.1 Å². The zero-order chi connectivity index (χ0) is 14.7. The number of carbonyl (C=O) groups is 1. The number of amides is 1. The Morgan fingerprint density at radius 1 is 1.48 bits per heavy atom.